The second-order valence-electron chi connectivity index (χ2n) is 7.24. The first-order valence-electron chi connectivity index (χ1n) is 9.96. The summed E-state index contributed by atoms with van der Waals surface area (Å²) in [5.74, 6) is 2.03. The van der Waals surface area contributed by atoms with Crippen LogP contribution in [-0.2, 0) is 0 Å². The van der Waals surface area contributed by atoms with Gasteiger partial charge in [-0.2, -0.15) is 0 Å². The number of unbranched alkanes of at least 4 members (excludes halogenated alkanes) is 9. The van der Waals surface area contributed by atoms with E-state index in [2.05, 4.69) is 44.0 Å². The fraction of sp³-hybridized carbons (Fsp3) is 0.950. The van der Waals surface area contributed by atoms with Gasteiger partial charge in [-0.25, -0.2) is 4.58 Å². The molecule has 0 spiro atoms. The molecule has 0 radical (unpaired) electrons. The van der Waals surface area contributed by atoms with Crippen LogP contribution in [0.3, 0.4) is 0 Å². The van der Waals surface area contributed by atoms with Gasteiger partial charge in [0, 0.05) is 18.8 Å². The van der Waals surface area contributed by atoms with Gasteiger partial charge in [0.2, 0.25) is 5.04 Å². The Bertz CT molecular complexity index is 309. The Labute approximate surface area is 144 Å². The van der Waals surface area contributed by atoms with Crippen LogP contribution in [-0.4, -0.2) is 28.0 Å². The Kier molecular flexibility index (Phi) is 11.3. The van der Waals surface area contributed by atoms with Gasteiger partial charge in [-0.3, -0.25) is 0 Å². The molecule has 0 aromatic heterocycles. The first kappa shape index (κ1) is 20.1. The molecule has 1 heterocycles. The zero-order chi connectivity index (χ0) is 16.2. The Balaban J connectivity index is 2.09. The molecule has 1 aliphatic rings. The highest BCUT2D eigenvalue weighted by Crippen LogP contribution is 2.25. The number of nitrogens with zero attached hydrogens (tertiary/aromatic N) is 1. The molecule has 1 atom stereocenters. The van der Waals surface area contributed by atoms with Gasteiger partial charge >= 0.3 is 0 Å². The van der Waals surface area contributed by atoms with E-state index in [1.54, 1.807) is 5.04 Å². The maximum Gasteiger partial charge on any atom is 0.213 e. The third-order valence-corrected chi connectivity index (χ3v) is 6.42. The summed E-state index contributed by atoms with van der Waals surface area (Å²) in [7, 11) is 0. The fourth-order valence-electron chi connectivity index (χ4n) is 3.43. The highest BCUT2D eigenvalue weighted by Gasteiger charge is 2.33. The Morgan fingerprint density at radius 2 is 1.45 bits per heavy atom. The van der Waals surface area contributed by atoms with Crippen LogP contribution in [0.4, 0.5) is 0 Å². The topological polar surface area (TPSA) is 3.01 Å². The minimum absolute atomic E-state index is 0.713. The van der Waals surface area contributed by atoms with Gasteiger partial charge < -0.3 is 0 Å². The van der Waals surface area contributed by atoms with Crippen molar-refractivity contribution in [2.45, 2.75) is 104 Å². The summed E-state index contributed by atoms with van der Waals surface area (Å²) in [5.41, 5.74) is 0. The summed E-state index contributed by atoms with van der Waals surface area (Å²) in [6.07, 6.45) is 15.7. The summed E-state index contributed by atoms with van der Waals surface area (Å²) in [5, 5.41) is 1.66. The van der Waals surface area contributed by atoms with E-state index in [0.29, 0.717) is 5.92 Å². The average Bonchev–Trinajstić information content (AvgIpc) is 2.92. The van der Waals surface area contributed by atoms with Gasteiger partial charge in [-0.1, -0.05) is 90.8 Å². The quantitative estimate of drug-likeness (QED) is 0.276. The molecule has 1 aliphatic heterocycles. The van der Waals surface area contributed by atoms with Crippen LogP contribution in [0.25, 0.3) is 0 Å². The zero-order valence-corrected chi connectivity index (χ0v) is 16.5. The van der Waals surface area contributed by atoms with E-state index in [4.69, 9.17) is 0 Å². The highest BCUT2D eigenvalue weighted by molar-refractivity contribution is 8.13. The lowest BCUT2D eigenvalue weighted by Crippen LogP contribution is -2.28. The molecular formula is C20H40NS+. The van der Waals surface area contributed by atoms with Gasteiger partial charge in [-0.15, -0.1) is 0 Å². The molecule has 0 aromatic rings. The van der Waals surface area contributed by atoms with Crippen LogP contribution >= 0.6 is 11.8 Å². The average molecular weight is 327 g/mol. The third-order valence-electron chi connectivity index (χ3n) is 4.87. The molecule has 130 valence electrons. The van der Waals surface area contributed by atoms with Crippen LogP contribution in [0.2, 0.25) is 0 Å². The molecule has 0 aliphatic carbocycles. The van der Waals surface area contributed by atoms with Crippen LogP contribution in [0.15, 0.2) is 0 Å². The molecule has 0 aromatic carbocycles. The second kappa shape index (κ2) is 12.4. The molecular weight excluding hydrogens is 286 g/mol. The van der Waals surface area contributed by atoms with E-state index in [9.17, 15) is 0 Å². The highest BCUT2D eigenvalue weighted by atomic mass is 32.2. The van der Waals surface area contributed by atoms with E-state index < -0.39 is 0 Å². The molecule has 0 fully saturated rings. The molecule has 0 N–H and O–H groups in total. The SMILES string of the molecule is CCCCCCCCCCCC[N+]1=C(C(C)C)SC[C@H]1CC. The van der Waals surface area contributed by atoms with Gasteiger partial charge in [-0.05, 0) is 6.42 Å². The number of thioether (sulfide) groups is 1. The summed E-state index contributed by atoms with van der Waals surface area (Å²) < 4.78 is 2.74. The van der Waals surface area contributed by atoms with Gasteiger partial charge in [0.15, 0.2) is 6.04 Å². The number of hydrogen-bond donors (Lipinski definition) is 0. The van der Waals surface area contributed by atoms with E-state index in [1.165, 1.54) is 82.9 Å². The Morgan fingerprint density at radius 1 is 0.909 bits per heavy atom. The van der Waals surface area contributed by atoms with Crippen LogP contribution in [0.1, 0.15) is 98.3 Å². The van der Waals surface area contributed by atoms with Crippen LogP contribution < -0.4 is 0 Å². The van der Waals surface area contributed by atoms with Crippen molar-refractivity contribution in [3.8, 4) is 0 Å². The van der Waals surface area contributed by atoms with E-state index in [1.807, 2.05) is 0 Å². The van der Waals surface area contributed by atoms with Crippen molar-refractivity contribution in [2.75, 3.05) is 12.3 Å². The molecule has 1 rings (SSSR count). The zero-order valence-electron chi connectivity index (χ0n) is 15.7. The largest absolute Gasteiger partial charge is 0.224 e. The first-order chi connectivity index (χ1) is 10.7. The summed E-state index contributed by atoms with van der Waals surface area (Å²) in [4.78, 5) is 0. The lowest BCUT2D eigenvalue weighted by atomic mass is 10.1. The van der Waals surface area contributed by atoms with E-state index >= 15 is 0 Å². The maximum atomic E-state index is 2.74. The lowest BCUT2D eigenvalue weighted by Gasteiger charge is -2.10. The molecule has 1 nitrogen and oxygen atoms in total. The predicted molar refractivity (Wildman–Crippen MR) is 103 cm³/mol. The standard InChI is InChI=1S/C20H40NS/c1-5-7-8-9-10-11-12-13-14-15-16-21-19(6-2)17-22-20(21)18(3)4/h18-19H,5-17H2,1-4H3/q+1/t19-/m1/s1. The second-order valence-corrected chi connectivity index (χ2v) is 8.28. The van der Waals surface area contributed by atoms with Gasteiger partial charge in [0.1, 0.15) is 6.54 Å². The minimum atomic E-state index is 0.713. The summed E-state index contributed by atoms with van der Waals surface area (Å²) >= 11 is 2.12. The fourth-order valence-corrected chi connectivity index (χ4v) is 4.95. The normalized spacial score (nSPS) is 18.7. The van der Waals surface area contributed by atoms with Crippen molar-refractivity contribution in [3.05, 3.63) is 0 Å². The molecule has 0 amide bonds. The Morgan fingerprint density at radius 3 is 1.95 bits per heavy atom. The van der Waals surface area contributed by atoms with Crippen molar-refractivity contribution in [1.29, 1.82) is 0 Å². The van der Waals surface area contributed by atoms with Gasteiger partial charge in [0.25, 0.3) is 0 Å². The first-order valence-corrected chi connectivity index (χ1v) is 11.0. The van der Waals surface area contributed by atoms with Crippen molar-refractivity contribution >= 4 is 16.8 Å². The van der Waals surface area contributed by atoms with E-state index in [-0.39, 0.29) is 0 Å². The smallest absolute Gasteiger partial charge is 0.213 e. The molecule has 0 unspecified atom stereocenters. The monoisotopic (exact) mass is 326 g/mol. The Hall–Kier alpha value is 0.0200. The molecule has 22 heavy (non-hydrogen) atoms. The summed E-state index contributed by atoms with van der Waals surface area (Å²) in [6, 6.07) is 0.806. The molecule has 0 bridgehead atoms. The maximum absolute atomic E-state index is 2.74. The number of rotatable bonds is 13. The number of hydrogen-bond acceptors (Lipinski definition) is 1. The van der Waals surface area contributed by atoms with Crippen LogP contribution in [0, 0.1) is 5.92 Å². The van der Waals surface area contributed by atoms with Gasteiger partial charge in [0.05, 0.1) is 5.75 Å². The van der Waals surface area contributed by atoms with Crippen LogP contribution in [0.5, 0.6) is 0 Å². The lowest BCUT2D eigenvalue weighted by molar-refractivity contribution is -0.558. The molecule has 2 heteroatoms. The molecule has 0 saturated carbocycles. The third kappa shape index (κ3) is 7.53. The minimum Gasteiger partial charge on any atom is -0.224 e. The van der Waals surface area contributed by atoms with Crippen molar-refractivity contribution in [2.24, 2.45) is 5.92 Å². The summed E-state index contributed by atoms with van der Waals surface area (Å²) in [6.45, 7) is 10.7. The van der Waals surface area contributed by atoms with E-state index in [0.717, 1.165) is 6.04 Å². The molecule has 0 saturated heterocycles. The van der Waals surface area contributed by atoms with Crippen molar-refractivity contribution in [1.82, 2.24) is 0 Å². The van der Waals surface area contributed by atoms with Crippen molar-refractivity contribution in [3.63, 3.8) is 0 Å². The predicted octanol–water partition coefficient (Wildman–Crippen LogP) is 6.50. The van der Waals surface area contributed by atoms with Crippen molar-refractivity contribution < 1.29 is 4.58 Å².